The van der Waals surface area contributed by atoms with Crippen LogP contribution in [0, 0.1) is 0 Å². The second-order valence-electron chi connectivity index (χ2n) is 8.59. The summed E-state index contributed by atoms with van der Waals surface area (Å²) in [5, 5.41) is 3.29. The molecule has 0 spiro atoms. The molecule has 11 heteroatoms. The molecular formula is C24H30ClN3O6S. The molecule has 1 atom stereocenters. The number of amides is 2. The molecule has 0 radical (unpaired) electrons. The van der Waals surface area contributed by atoms with Crippen molar-refractivity contribution in [2.75, 3.05) is 30.3 Å². The van der Waals surface area contributed by atoms with Crippen LogP contribution < -0.4 is 19.1 Å². The summed E-state index contributed by atoms with van der Waals surface area (Å²) < 4.78 is 37.5. The molecule has 0 saturated carbocycles. The van der Waals surface area contributed by atoms with Crippen molar-refractivity contribution in [2.45, 2.75) is 39.4 Å². The van der Waals surface area contributed by atoms with Crippen molar-refractivity contribution in [2.24, 2.45) is 0 Å². The highest BCUT2D eigenvalue weighted by Gasteiger charge is 2.31. The number of sulfonamides is 1. The van der Waals surface area contributed by atoms with Gasteiger partial charge in [0, 0.05) is 23.7 Å². The molecular weight excluding hydrogens is 494 g/mol. The molecule has 2 aromatic carbocycles. The van der Waals surface area contributed by atoms with Gasteiger partial charge < -0.3 is 19.7 Å². The monoisotopic (exact) mass is 523 g/mol. The molecule has 1 N–H and O–H groups in total. The molecule has 1 aliphatic heterocycles. The van der Waals surface area contributed by atoms with Crippen molar-refractivity contribution in [3.8, 4) is 11.5 Å². The zero-order chi connectivity index (χ0) is 25.8. The molecule has 1 heterocycles. The van der Waals surface area contributed by atoms with E-state index in [1.165, 1.54) is 11.0 Å². The maximum atomic E-state index is 13.5. The lowest BCUT2D eigenvalue weighted by Crippen LogP contribution is -2.52. The summed E-state index contributed by atoms with van der Waals surface area (Å²) in [4.78, 5) is 27.7. The zero-order valence-corrected chi connectivity index (χ0v) is 21.7. The Bertz CT molecular complexity index is 1190. The Hall–Kier alpha value is -2.98. The topological polar surface area (TPSA) is 105 Å². The number of hydrogen-bond acceptors (Lipinski definition) is 6. The smallest absolute Gasteiger partial charge is 0.244 e. The molecule has 2 aromatic rings. The predicted octanol–water partition coefficient (Wildman–Crippen LogP) is 2.82. The SMILES string of the molecule is CC(C)NC(=O)[C@@H](C)N(Cc1cccc(Cl)c1)C(=O)CN(c1ccc2c(c1)OCCO2)S(C)(=O)=O. The molecule has 0 saturated heterocycles. The summed E-state index contributed by atoms with van der Waals surface area (Å²) in [6.45, 7) is 5.56. The Balaban J connectivity index is 1.92. The standard InChI is InChI=1S/C24H30ClN3O6S/c1-16(2)26-24(30)17(3)27(14-18-6-5-7-19(25)12-18)23(29)15-28(35(4,31)32)20-8-9-21-22(13-20)34-11-10-33-21/h5-9,12-13,16-17H,10-11,14-15H2,1-4H3,(H,26,30)/t17-/m1/s1. The summed E-state index contributed by atoms with van der Waals surface area (Å²) in [6, 6.07) is 10.6. The van der Waals surface area contributed by atoms with Crippen LogP contribution in [-0.4, -0.2) is 63.2 Å². The van der Waals surface area contributed by atoms with Gasteiger partial charge in [-0.15, -0.1) is 0 Å². The van der Waals surface area contributed by atoms with Crippen LogP contribution in [0.2, 0.25) is 5.02 Å². The van der Waals surface area contributed by atoms with Gasteiger partial charge >= 0.3 is 0 Å². The summed E-state index contributed by atoms with van der Waals surface area (Å²) in [7, 11) is -3.85. The lowest BCUT2D eigenvalue weighted by Gasteiger charge is -2.32. The fourth-order valence-electron chi connectivity index (χ4n) is 3.62. The maximum Gasteiger partial charge on any atom is 0.244 e. The largest absolute Gasteiger partial charge is 0.486 e. The van der Waals surface area contributed by atoms with Gasteiger partial charge in [0.15, 0.2) is 11.5 Å². The molecule has 35 heavy (non-hydrogen) atoms. The number of nitrogens with zero attached hydrogens (tertiary/aromatic N) is 2. The molecule has 3 rings (SSSR count). The molecule has 190 valence electrons. The first-order chi connectivity index (χ1) is 16.5. The number of nitrogens with one attached hydrogen (secondary N) is 1. The van der Waals surface area contributed by atoms with Gasteiger partial charge in [0.1, 0.15) is 25.8 Å². The minimum Gasteiger partial charge on any atom is -0.486 e. The molecule has 0 aliphatic carbocycles. The molecule has 1 aliphatic rings. The van der Waals surface area contributed by atoms with Gasteiger partial charge in [-0.05, 0) is 50.6 Å². The lowest BCUT2D eigenvalue weighted by molar-refractivity contribution is -0.139. The number of benzene rings is 2. The second kappa shape index (κ2) is 11.2. The van der Waals surface area contributed by atoms with Crippen LogP contribution in [-0.2, 0) is 26.2 Å². The van der Waals surface area contributed by atoms with E-state index < -0.39 is 28.5 Å². The molecule has 0 aromatic heterocycles. The lowest BCUT2D eigenvalue weighted by atomic mass is 10.1. The third kappa shape index (κ3) is 7.02. The van der Waals surface area contributed by atoms with Gasteiger partial charge in [0.25, 0.3) is 0 Å². The average Bonchev–Trinajstić information content (AvgIpc) is 2.79. The van der Waals surface area contributed by atoms with Crippen LogP contribution in [0.3, 0.4) is 0 Å². The van der Waals surface area contributed by atoms with E-state index in [1.54, 1.807) is 43.3 Å². The number of hydrogen-bond donors (Lipinski definition) is 1. The maximum absolute atomic E-state index is 13.5. The highest BCUT2D eigenvalue weighted by atomic mass is 35.5. The highest BCUT2D eigenvalue weighted by Crippen LogP contribution is 2.34. The Morgan fingerprint density at radius 1 is 1.06 bits per heavy atom. The number of ether oxygens (including phenoxy) is 2. The quantitative estimate of drug-likeness (QED) is 0.542. The van der Waals surface area contributed by atoms with Crippen LogP contribution in [0.5, 0.6) is 11.5 Å². The van der Waals surface area contributed by atoms with Crippen LogP contribution in [0.1, 0.15) is 26.3 Å². The highest BCUT2D eigenvalue weighted by molar-refractivity contribution is 7.92. The van der Waals surface area contributed by atoms with Crippen molar-refractivity contribution in [1.82, 2.24) is 10.2 Å². The van der Waals surface area contributed by atoms with Gasteiger partial charge in [-0.25, -0.2) is 8.42 Å². The van der Waals surface area contributed by atoms with Gasteiger partial charge in [-0.3, -0.25) is 13.9 Å². The number of rotatable bonds is 9. The number of halogens is 1. The van der Waals surface area contributed by atoms with Crippen molar-refractivity contribution in [3.63, 3.8) is 0 Å². The zero-order valence-electron chi connectivity index (χ0n) is 20.2. The Morgan fingerprint density at radius 2 is 1.74 bits per heavy atom. The Labute approximate surface area is 211 Å². The van der Waals surface area contributed by atoms with Crippen molar-refractivity contribution < 1.29 is 27.5 Å². The van der Waals surface area contributed by atoms with E-state index in [1.807, 2.05) is 13.8 Å². The van der Waals surface area contributed by atoms with Crippen molar-refractivity contribution in [1.29, 1.82) is 0 Å². The van der Waals surface area contributed by atoms with E-state index in [0.717, 1.165) is 10.6 Å². The van der Waals surface area contributed by atoms with Gasteiger partial charge in [0.2, 0.25) is 21.8 Å². The van der Waals surface area contributed by atoms with E-state index >= 15 is 0 Å². The molecule has 0 bridgehead atoms. The third-order valence-electron chi connectivity index (χ3n) is 5.33. The molecule has 0 fully saturated rings. The minimum atomic E-state index is -3.85. The predicted molar refractivity (Wildman–Crippen MR) is 134 cm³/mol. The van der Waals surface area contributed by atoms with E-state index in [9.17, 15) is 18.0 Å². The molecule has 2 amide bonds. The fraction of sp³-hybridized carbons (Fsp3) is 0.417. The third-order valence-corrected chi connectivity index (χ3v) is 6.71. The summed E-state index contributed by atoms with van der Waals surface area (Å²) in [6.07, 6.45) is 1.02. The van der Waals surface area contributed by atoms with E-state index in [4.69, 9.17) is 21.1 Å². The first-order valence-electron chi connectivity index (χ1n) is 11.2. The van der Waals surface area contributed by atoms with E-state index in [2.05, 4.69) is 5.32 Å². The van der Waals surface area contributed by atoms with E-state index in [-0.39, 0.29) is 24.2 Å². The average molecular weight is 524 g/mol. The molecule has 9 nitrogen and oxygen atoms in total. The van der Waals surface area contributed by atoms with Crippen molar-refractivity contribution in [3.05, 3.63) is 53.1 Å². The number of carbonyl (C=O) groups is 2. The van der Waals surface area contributed by atoms with Crippen LogP contribution in [0.4, 0.5) is 5.69 Å². The minimum absolute atomic E-state index is 0.0742. The summed E-state index contributed by atoms with van der Waals surface area (Å²) >= 11 is 6.11. The second-order valence-corrected chi connectivity index (χ2v) is 10.9. The summed E-state index contributed by atoms with van der Waals surface area (Å²) in [5.74, 6) is 0.00830. The Kier molecular flexibility index (Phi) is 8.50. The van der Waals surface area contributed by atoms with Crippen LogP contribution >= 0.6 is 11.6 Å². The van der Waals surface area contributed by atoms with Crippen LogP contribution in [0.15, 0.2) is 42.5 Å². The van der Waals surface area contributed by atoms with E-state index in [0.29, 0.717) is 35.3 Å². The number of anilines is 1. The van der Waals surface area contributed by atoms with Crippen molar-refractivity contribution >= 4 is 39.1 Å². The Morgan fingerprint density at radius 3 is 2.37 bits per heavy atom. The molecule has 0 unspecified atom stereocenters. The number of fused-ring (bicyclic) bond motifs is 1. The van der Waals surface area contributed by atoms with Gasteiger partial charge in [-0.1, -0.05) is 23.7 Å². The van der Waals surface area contributed by atoms with Gasteiger partial charge in [0.05, 0.1) is 11.9 Å². The fourth-order valence-corrected chi connectivity index (χ4v) is 4.67. The van der Waals surface area contributed by atoms with Gasteiger partial charge in [-0.2, -0.15) is 0 Å². The first-order valence-corrected chi connectivity index (χ1v) is 13.4. The normalized spacial score (nSPS) is 13.8. The first kappa shape index (κ1) is 26.6. The van der Waals surface area contributed by atoms with Crippen LogP contribution in [0.25, 0.3) is 0 Å². The number of carbonyl (C=O) groups excluding carboxylic acids is 2. The summed E-state index contributed by atoms with van der Waals surface area (Å²) in [5.41, 5.74) is 0.965.